The summed E-state index contributed by atoms with van der Waals surface area (Å²) in [6.45, 7) is 0. The van der Waals surface area contributed by atoms with E-state index in [2.05, 4.69) is 0 Å². The number of hydrogen-bond donors (Lipinski definition) is 0. The first-order chi connectivity index (χ1) is 7.68. The van der Waals surface area contributed by atoms with Crippen LogP contribution in [0.25, 0.3) is 0 Å². The van der Waals surface area contributed by atoms with Crippen molar-refractivity contribution in [2.45, 2.75) is 11.8 Å². The Morgan fingerprint density at radius 3 is 2.75 bits per heavy atom. The molecule has 2 aromatic rings. The maximum Gasteiger partial charge on any atom is 0.129 e. The van der Waals surface area contributed by atoms with Crippen LogP contribution in [0.1, 0.15) is 16.5 Å². The van der Waals surface area contributed by atoms with Gasteiger partial charge in [-0.05, 0) is 40.9 Å². The van der Waals surface area contributed by atoms with Crippen molar-refractivity contribution in [3.63, 3.8) is 0 Å². The largest absolute Gasteiger partial charge is 0.207 e. The van der Waals surface area contributed by atoms with Gasteiger partial charge in [0.25, 0.3) is 0 Å². The Balaban J connectivity index is 2.24. The van der Waals surface area contributed by atoms with E-state index in [1.807, 2.05) is 16.8 Å². The van der Waals surface area contributed by atoms with Gasteiger partial charge >= 0.3 is 0 Å². The van der Waals surface area contributed by atoms with E-state index in [0.29, 0.717) is 17.0 Å². The molecule has 16 heavy (non-hydrogen) atoms. The summed E-state index contributed by atoms with van der Waals surface area (Å²) >= 11 is 13.7. The maximum absolute atomic E-state index is 13.6. The van der Waals surface area contributed by atoms with Crippen molar-refractivity contribution < 1.29 is 4.39 Å². The van der Waals surface area contributed by atoms with Crippen LogP contribution in [0.5, 0.6) is 0 Å². The van der Waals surface area contributed by atoms with E-state index in [9.17, 15) is 4.39 Å². The predicted octanol–water partition coefficient (Wildman–Crippen LogP) is 5.06. The number of rotatable bonds is 3. The summed E-state index contributed by atoms with van der Waals surface area (Å²) in [5.41, 5.74) is 1.49. The second kappa shape index (κ2) is 5.17. The van der Waals surface area contributed by atoms with Crippen molar-refractivity contribution in [2.75, 3.05) is 0 Å². The quantitative estimate of drug-likeness (QED) is 0.686. The van der Waals surface area contributed by atoms with Gasteiger partial charge < -0.3 is 0 Å². The van der Waals surface area contributed by atoms with Crippen LogP contribution in [0.3, 0.4) is 0 Å². The molecular formula is C12H9Cl2FS. The molecule has 0 fully saturated rings. The molecular weight excluding hydrogens is 266 g/mol. The summed E-state index contributed by atoms with van der Waals surface area (Å²) in [5.74, 6) is -0.345. The van der Waals surface area contributed by atoms with Crippen LogP contribution < -0.4 is 0 Å². The van der Waals surface area contributed by atoms with Crippen molar-refractivity contribution in [2.24, 2.45) is 0 Å². The van der Waals surface area contributed by atoms with Gasteiger partial charge in [-0.25, -0.2) is 4.39 Å². The fraction of sp³-hybridized carbons (Fsp3) is 0.167. The van der Waals surface area contributed by atoms with Gasteiger partial charge in [-0.15, -0.1) is 11.6 Å². The van der Waals surface area contributed by atoms with Crippen LogP contribution in [-0.4, -0.2) is 0 Å². The molecule has 1 atom stereocenters. The smallest absolute Gasteiger partial charge is 0.129 e. The molecule has 0 aliphatic heterocycles. The van der Waals surface area contributed by atoms with Gasteiger partial charge in [0, 0.05) is 10.6 Å². The van der Waals surface area contributed by atoms with Gasteiger partial charge in [0.1, 0.15) is 5.82 Å². The van der Waals surface area contributed by atoms with Crippen molar-refractivity contribution >= 4 is 34.5 Å². The minimum atomic E-state index is -0.428. The van der Waals surface area contributed by atoms with Crippen molar-refractivity contribution in [1.82, 2.24) is 0 Å². The first-order valence-corrected chi connectivity index (χ1v) is 6.53. The van der Waals surface area contributed by atoms with Crippen molar-refractivity contribution in [3.8, 4) is 0 Å². The van der Waals surface area contributed by atoms with Crippen LogP contribution in [0.15, 0.2) is 35.0 Å². The zero-order chi connectivity index (χ0) is 11.5. The third kappa shape index (κ3) is 2.57. The van der Waals surface area contributed by atoms with Gasteiger partial charge in [0.15, 0.2) is 0 Å². The van der Waals surface area contributed by atoms with E-state index in [0.717, 1.165) is 5.56 Å². The molecule has 0 saturated carbocycles. The molecule has 1 heterocycles. The molecule has 0 aliphatic carbocycles. The summed E-state index contributed by atoms with van der Waals surface area (Å²) in [5, 5.41) is 3.94. The molecule has 0 N–H and O–H groups in total. The lowest BCUT2D eigenvalue weighted by molar-refractivity contribution is 0.606. The highest BCUT2D eigenvalue weighted by Crippen LogP contribution is 2.33. The van der Waals surface area contributed by atoms with E-state index < -0.39 is 5.38 Å². The molecule has 0 radical (unpaired) electrons. The first-order valence-electron chi connectivity index (χ1n) is 4.77. The van der Waals surface area contributed by atoms with Gasteiger partial charge in [-0.2, -0.15) is 11.3 Å². The molecule has 0 bridgehead atoms. The van der Waals surface area contributed by atoms with Crippen molar-refractivity contribution in [1.29, 1.82) is 0 Å². The normalized spacial score (nSPS) is 12.7. The average Bonchev–Trinajstić information content (AvgIpc) is 2.70. The summed E-state index contributed by atoms with van der Waals surface area (Å²) < 4.78 is 13.6. The van der Waals surface area contributed by atoms with Crippen LogP contribution in [-0.2, 0) is 6.42 Å². The van der Waals surface area contributed by atoms with E-state index in [1.54, 1.807) is 23.5 Å². The molecule has 1 aromatic heterocycles. The summed E-state index contributed by atoms with van der Waals surface area (Å²) in [4.78, 5) is 0. The molecule has 0 nitrogen and oxygen atoms in total. The third-order valence-electron chi connectivity index (χ3n) is 2.31. The minimum Gasteiger partial charge on any atom is -0.207 e. The topological polar surface area (TPSA) is 0 Å². The highest BCUT2D eigenvalue weighted by atomic mass is 35.5. The molecule has 1 unspecified atom stereocenters. The molecule has 4 heteroatoms. The standard InChI is InChI=1S/C12H9Cl2FS/c13-9-2-1-3-11(15)12(9)10(14)6-8-4-5-16-7-8/h1-5,7,10H,6H2. The van der Waals surface area contributed by atoms with Crippen LogP contribution in [0.4, 0.5) is 4.39 Å². The molecule has 0 amide bonds. The summed E-state index contributed by atoms with van der Waals surface area (Å²) in [7, 11) is 0. The number of benzene rings is 1. The minimum absolute atomic E-state index is 0.345. The monoisotopic (exact) mass is 274 g/mol. The Hall–Kier alpha value is -0.570. The third-order valence-corrected chi connectivity index (χ3v) is 3.74. The molecule has 0 spiro atoms. The Bertz CT molecular complexity index is 448. The molecule has 84 valence electrons. The van der Waals surface area contributed by atoms with Gasteiger partial charge in [-0.1, -0.05) is 17.7 Å². The molecule has 0 saturated heterocycles. The maximum atomic E-state index is 13.6. The zero-order valence-corrected chi connectivity index (χ0v) is 10.6. The first kappa shape index (κ1) is 11.9. The van der Waals surface area contributed by atoms with Crippen LogP contribution in [0, 0.1) is 5.82 Å². The van der Waals surface area contributed by atoms with Crippen molar-refractivity contribution in [3.05, 3.63) is 57.0 Å². The fourth-order valence-electron chi connectivity index (χ4n) is 1.53. The van der Waals surface area contributed by atoms with Gasteiger partial charge in [-0.3, -0.25) is 0 Å². The van der Waals surface area contributed by atoms with E-state index in [-0.39, 0.29) is 5.82 Å². The van der Waals surface area contributed by atoms with Gasteiger partial charge in [0.05, 0.1) is 5.38 Å². The van der Waals surface area contributed by atoms with Crippen LogP contribution >= 0.6 is 34.5 Å². The Kier molecular flexibility index (Phi) is 3.85. The van der Waals surface area contributed by atoms with E-state index >= 15 is 0 Å². The average molecular weight is 275 g/mol. The van der Waals surface area contributed by atoms with E-state index in [4.69, 9.17) is 23.2 Å². The number of hydrogen-bond acceptors (Lipinski definition) is 1. The van der Waals surface area contributed by atoms with Gasteiger partial charge in [0.2, 0.25) is 0 Å². The second-order valence-corrected chi connectivity index (χ2v) is 5.15. The number of alkyl halides is 1. The lowest BCUT2D eigenvalue weighted by atomic mass is 10.1. The van der Waals surface area contributed by atoms with E-state index in [1.165, 1.54) is 6.07 Å². The SMILES string of the molecule is Fc1cccc(Cl)c1C(Cl)Cc1ccsc1. The zero-order valence-electron chi connectivity index (χ0n) is 8.29. The predicted molar refractivity (Wildman–Crippen MR) is 68.0 cm³/mol. The Morgan fingerprint density at radius 2 is 2.12 bits per heavy atom. The molecule has 1 aromatic carbocycles. The summed E-state index contributed by atoms with van der Waals surface area (Å²) in [6, 6.07) is 6.59. The highest BCUT2D eigenvalue weighted by molar-refractivity contribution is 7.07. The Morgan fingerprint density at radius 1 is 1.31 bits per heavy atom. The fourth-order valence-corrected chi connectivity index (χ4v) is 2.96. The second-order valence-electron chi connectivity index (χ2n) is 3.44. The number of halogens is 3. The summed E-state index contributed by atoms with van der Waals surface area (Å²) in [6.07, 6.45) is 0.589. The van der Waals surface area contributed by atoms with Crippen LogP contribution in [0.2, 0.25) is 5.02 Å². The molecule has 2 rings (SSSR count). The number of thiophene rings is 1. The lowest BCUT2D eigenvalue weighted by Crippen LogP contribution is -1.99. The Labute approximate surface area is 108 Å². The highest BCUT2D eigenvalue weighted by Gasteiger charge is 2.17. The lowest BCUT2D eigenvalue weighted by Gasteiger charge is -2.11. The molecule has 0 aliphatic rings.